The van der Waals surface area contributed by atoms with Crippen LogP contribution >= 0.6 is 23.8 Å². The van der Waals surface area contributed by atoms with Gasteiger partial charge in [0.2, 0.25) is 0 Å². The van der Waals surface area contributed by atoms with Gasteiger partial charge in [-0.3, -0.25) is 0 Å². The lowest BCUT2D eigenvalue weighted by atomic mass is 10.4. The van der Waals surface area contributed by atoms with Crippen LogP contribution in [0.15, 0.2) is 29.2 Å². The molecule has 6 heteroatoms. The first-order valence-electron chi connectivity index (χ1n) is 4.71. The molecule has 2 rings (SSSR count). The van der Waals surface area contributed by atoms with Crippen LogP contribution in [0.1, 0.15) is 6.42 Å². The van der Waals surface area contributed by atoms with Crippen molar-refractivity contribution in [3.63, 3.8) is 0 Å². The van der Waals surface area contributed by atoms with Crippen molar-refractivity contribution in [1.29, 1.82) is 0 Å². The molecule has 0 saturated heterocycles. The highest BCUT2D eigenvalue weighted by molar-refractivity contribution is 7.92. The summed E-state index contributed by atoms with van der Waals surface area (Å²) in [6, 6.07) is 6.14. The third kappa shape index (κ3) is 2.07. The second kappa shape index (κ2) is 3.98. The van der Waals surface area contributed by atoms with E-state index in [9.17, 15) is 8.42 Å². The van der Waals surface area contributed by atoms with Gasteiger partial charge in [0.05, 0.1) is 15.1 Å². The third-order valence-corrected chi connectivity index (χ3v) is 5.44. The van der Waals surface area contributed by atoms with E-state index in [2.05, 4.69) is 0 Å². The van der Waals surface area contributed by atoms with Crippen molar-refractivity contribution in [3.8, 4) is 0 Å². The highest BCUT2D eigenvalue weighted by atomic mass is 35.5. The molecule has 1 aliphatic rings. The maximum Gasteiger partial charge on any atom is 0.181 e. The van der Waals surface area contributed by atoms with E-state index >= 15 is 0 Å². The molecule has 2 atom stereocenters. The van der Waals surface area contributed by atoms with Crippen LogP contribution in [-0.4, -0.2) is 18.7 Å². The van der Waals surface area contributed by atoms with Crippen LogP contribution in [0.2, 0.25) is 5.02 Å². The number of benzene rings is 1. The molecule has 0 aliphatic heterocycles. The van der Waals surface area contributed by atoms with Crippen LogP contribution in [-0.2, 0) is 9.84 Å². The number of nitrogens with two attached hydrogens (primary N) is 1. The van der Waals surface area contributed by atoms with Crippen LogP contribution in [0.5, 0.6) is 0 Å². The summed E-state index contributed by atoms with van der Waals surface area (Å²) < 4.78 is 24.1. The van der Waals surface area contributed by atoms with Crippen molar-refractivity contribution in [2.24, 2.45) is 11.7 Å². The Bertz CT molecular complexity index is 524. The minimum absolute atomic E-state index is 0.171. The maximum absolute atomic E-state index is 12.1. The highest BCUT2D eigenvalue weighted by Gasteiger charge is 2.49. The van der Waals surface area contributed by atoms with Crippen LogP contribution < -0.4 is 5.73 Å². The molecule has 1 aromatic carbocycles. The molecule has 0 heterocycles. The lowest BCUT2D eigenvalue weighted by Crippen LogP contribution is -2.17. The normalized spacial score (nSPS) is 24.1. The number of rotatable bonds is 3. The minimum atomic E-state index is -3.30. The van der Waals surface area contributed by atoms with Gasteiger partial charge in [-0.1, -0.05) is 23.8 Å². The van der Waals surface area contributed by atoms with Crippen molar-refractivity contribution < 1.29 is 8.42 Å². The van der Waals surface area contributed by atoms with E-state index in [-0.39, 0.29) is 15.8 Å². The Morgan fingerprint density at radius 2 is 1.94 bits per heavy atom. The van der Waals surface area contributed by atoms with Gasteiger partial charge in [0.15, 0.2) is 9.84 Å². The van der Waals surface area contributed by atoms with Crippen LogP contribution in [0.4, 0.5) is 0 Å². The molecular weight excluding hydrogens is 266 g/mol. The van der Waals surface area contributed by atoms with Crippen molar-refractivity contribution in [2.45, 2.75) is 16.6 Å². The van der Waals surface area contributed by atoms with Crippen molar-refractivity contribution in [1.82, 2.24) is 0 Å². The smallest absolute Gasteiger partial charge is 0.181 e. The number of halogens is 1. The van der Waals surface area contributed by atoms with Gasteiger partial charge in [-0.15, -0.1) is 0 Å². The SMILES string of the molecule is NC(=S)[C@@H]1C[C@H]1S(=O)(=O)c1ccc(Cl)cc1. The largest absolute Gasteiger partial charge is 0.393 e. The summed E-state index contributed by atoms with van der Waals surface area (Å²) in [5.41, 5.74) is 5.43. The number of hydrogen-bond acceptors (Lipinski definition) is 3. The minimum Gasteiger partial charge on any atom is -0.393 e. The molecule has 0 aromatic heterocycles. The molecule has 1 aliphatic carbocycles. The van der Waals surface area contributed by atoms with E-state index in [1.54, 1.807) is 12.1 Å². The zero-order chi connectivity index (χ0) is 11.9. The predicted molar refractivity (Wildman–Crippen MR) is 67.3 cm³/mol. The molecule has 16 heavy (non-hydrogen) atoms. The molecule has 0 radical (unpaired) electrons. The molecule has 1 saturated carbocycles. The molecule has 0 spiro atoms. The maximum atomic E-state index is 12.1. The quantitative estimate of drug-likeness (QED) is 0.855. The van der Waals surface area contributed by atoms with E-state index in [1.807, 2.05) is 0 Å². The molecule has 0 amide bonds. The van der Waals surface area contributed by atoms with E-state index in [4.69, 9.17) is 29.6 Å². The lowest BCUT2D eigenvalue weighted by Gasteiger charge is -2.03. The van der Waals surface area contributed by atoms with E-state index in [0.29, 0.717) is 11.4 Å². The topological polar surface area (TPSA) is 60.2 Å². The summed E-state index contributed by atoms with van der Waals surface area (Å²) in [4.78, 5) is 0.559. The van der Waals surface area contributed by atoms with Gasteiger partial charge >= 0.3 is 0 Å². The van der Waals surface area contributed by atoms with Crippen molar-refractivity contribution in [2.75, 3.05) is 0 Å². The Labute approximate surface area is 105 Å². The third-order valence-electron chi connectivity index (χ3n) is 2.64. The van der Waals surface area contributed by atoms with Crippen molar-refractivity contribution >= 4 is 38.6 Å². The molecule has 0 unspecified atom stereocenters. The molecule has 2 N–H and O–H groups in total. The second-order valence-electron chi connectivity index (χ2n) is 3.78. The number of sulfone groups is 1. The molecule has 1 fully saturated rings. The Hall–Kier alpha value is -0.650. The second-order valence-corrected chi connectivity index (χ2v) is 6.86. The summed E-state index contributed by atoms with van der Waals surface area (Å²) in [6.45, 7) is 0. The fourth-order valence-electron chi connectivity index (χ4n) is 1.61. The van der Waals surface area contributed by atoms with Crippen LogP contribution in [0.25, 0.3) is 0 Å². The first-order valence-corrected chi connectivity index (χ1v) is 7.05. The number of hydrogen-bond donors (Lipinski definition) is 1. The van der Waals surface area contributed by atoms with Gasteiger partial charge < -0.3 is 5.73 Å². The van der Waals surface area contributed by atoms with E-state index in [1.165, 1.54) is 12.1 Å². The number of thiocarbonyl (C=S) groups is 1. The fourth-order valence-corrected chi connectivity index (χ4v) is 3.99. The predicted octanol–water partition coefficient (Wildman–Crippen LogP) is 1.79. The van der Waals surface area contributed by atoms with E-state index in [0.717, 1.165) is 0 Å². The molecule has 1 aromatic rings. The first-order chi connectivity index (χ1) is 7.43. The van der Waals surface area contributed by atoms with Gasteiger partial charge in [-0.05, 0) is 30.7 Å². The summed E-state index contributed by atoms with van der Waals surface area (Å²) in [5, 5.41) is 0.0619. The molecular formula is C10H10ClNO2S2. The first kappa shape index (κ1) is 11.8. The average Bonchev–Trinajstić information content (AvgIpc) is 2.98. The van der Waals surface area contributed by atoms with Crippen LogP contribution in [0.3, 0.4) is 0 Å². The molecule has 3 nitrogen and oxygen atoms in total. The van der Waals surface area contributed by atoms with Gasteiger partial charge in [0, 0.05) is 10.9 Å². The van der Waals surface area contributed by atoms with Gasteiger partial charge in [-0.25, -0.2) is 8.42 Å². The summed E-state index contributed by atoms with van der Waals surface area (Å²) >= 11 is 10.5. The zero-order valence-electron chi connectivity index (χ0n) is 8.26. The highest BCUT2D eigenvalue weighted by Crippen LogP contribution is 2.40. The fraction of sp³-hybridized carbons (Fsp3) is 0.300. The van der Waals surface area contributed by atoms with Gasteiger partial charge in [0.1, 0.15) is 0 Å². The summed E-state index contributed by atoms with van der Waals surface area (Å²) in [6.07, 6.45) is 0.528. The van der Waals surface area contributed by atoms with Crippen molar-refractivity contribution in [3.05, 3.63) is 29.3 Å². The standard InChI is InChI=1S/C10H10ClNO2S2/c11-6-1-3-7(4-2-6)16(13,14)9-5-8(9)10(12)15/h1-4,8-9H,5H2,(H2,12,15)/t8-,9-/m1/s1. The Balaban J connectivity index is 2.28. The average molecular weight is 276 g/mol. The van der Waals surface area contributed by atoms with Gasteiger partial charge in [-0.2, -0.15) is 0 Å². The summed E-state index contributed by atoms with van der Waals surface area (Å²) in [7, 11) is -3.30. The molecule has 86 valence electrons. The Kier molecular flexibility index (Phi) is 2.94. The molecule has 0 bridgehead atoms. The van der Waals surface area contributed by atoms with Gasteiger partial charge in [0.25, 0.3) is 0 Å². The monoisotopic (exact) mass is 275 g/mol. The zero-order valence-corrected chi connectivity index (χ0v) is 10.6. The summed E-state index contributed by atoms with van der Waals surface area (Å²) in [5.74, 6) is -0.171. The van der Waals surface area contributed by atoms with E-state index < -0.39 is 15.1 Å². The van der Waals surface area contributed by atoms with Crippen LogP contribution in [0, 0.1) is 5.92 Å². The Morgan fingerprint density at radius 1 is 1.38 bits per heavy atom. The lowest BCUT2D eigenvalue weighted by molar-refractivity contribution is 0.594. The Morgan fingerprint density at radius 3 is 2.38 bits per heavy atom.